The number of pyridine rings is 1. The summed E-state index contributed by atoms with van der Waals surface area (Å²) in [6, 6.07) is 5.29. The zero-order chi connectivity index (χ0) is 20.1. The highest BCUT2D eigenvalue weighted by molar-refractivity contribution is 7.77. The lowest BCUT2D eigenvalue weighted by Gasteiger charge is -2.32. The molecule has 1 amide bonds. The first-order chi connectivity index (χ1) is 13.5. The molecule has 1 N–H and O–H groups in total. The Morgan fingerprint density at radius 2 is 1.96 bits per heavy atom. The number of nitrogens with one attached hydrogen (secondary N) is 1. The summed E-state index contributed by atoms with van der Waals surface area (Å²) in [5, 5.41) is 0.731. The SMILES string of the molecule is COc1cc2nccc(C(=O)N3CCC(CCNS(=O)[O-])CC3)c2cc1OC. The van der Waals surface area contributed by atoms with E-state index in [9.17, 15) is 13.6 Å². The molecule has 0 radical (unpaired) electrons. The van der Waals surface area contributed by atoms with E-state index in [1.54, 1.807) is 38.6 Å². The van der Waals surface area contributed by atoms with Gasteiger partial charge in [-0.3, -0.25) is 14.0 Å². The van der Waals surface area contributed by atoms with Crippen LogP contribution in [0.15, 0.2) is 24.4 Å². The second kappa shape index (κ2) is 9.31. The van der Waals surface area contributed by atoms with E-state index in [1.165, 1.54) is 0 Å². The van der Waals surface area contributed by atoms with Crippen LogP contribution in [0.1, 0.15) is 29.6 Å². The Morgan fingerprint density at radius 1 is 1.29 bits per heavy atom. The molecule has 0 bridgehead atoms. The topological polar surface area (TPSA) is 104 Å². The number of nitrogens with zero attached hydrogens (tertiary/aromatic N) is 2. The first kappa shape index (κ1) is 20.5. The largest absolute Gasteiger partial charge is 0.760 e. The minimum Gasteiger partial charge on any atom is -0.760 e. The maximum absolute atomic E-state index is 13.1. The molecule has 1 aliphatic heterocycles. The minimum absolute atomic E-state index is 0.0307. The molecule has 3 rings (SSSR count). The van der Waals surface area contributed by atoms with Crippen LogP contribution in [0.3, 0.4) is 0 Å². The molecular weight excluding hydrogens is 382 g/mol. The Morgan fingerprint density at radius 3 is 2.61 bits per heavy atom. The van der Waals surface area contributed by atoms with Crippen LogP contribution < -0.4 is 14.2 Å². The van der Waals surface area contributed by atoms with Crippen molar-refractivity contribution in [1.82, 2.24) is 14.6 Å². The third kappa shape index (κ3) is 4.60. The zero-order valence-corrected chi connectivity index (χ0v) is 16.8. The normalized spacial score (nSPS) is 16.2. The van der Waals surface area contributed by atoms with Gasteiger partial charge in [0.05, 0.1) is 25.3 Å². The van der Waals surface area contributed by atoms with Gasteiger partial charge in [0.2, 0.25) is 0 Å². The summed E-state index contributed by atoms with van der Waals surface area (Å²) >= 11 is -2.22. The van der Waals surface area contributed by atoms with Crippen LogP contribution in [0.2, 0.25) is 0 Å². The number of rotatable bonds is 7. The van der Waals surface area contributed by atoms with Gasteiger partial charge in [0.15, 0.2) is 11.5 Å². The predicted octanol–water partition coefficient (Wildman–Crippen LogP) is 1.88. The fourth-order valence-corrected chi connectivity index (χ4v) is 3.89. The fourth-order valence-electron chi connectivity index (χ4n) is 3.60. The highest BCUT2D eigenvalue weighted by atomic mass is 32.2. The van der Waals surface area contributed by atoms with E-state index in [1.807, 2.05) is 4.90 Å². The number of carbonyl (C=O) groups is 1. The number of likely N-dealkylation sites (tertiary alicyclic amines) is 1. The van der Waals surface area contributed by atoms with Crippen molar-refractivity contribution in [3.05, 3.63) is 30.0 Å². The number of piperidine rings is 1. The Labute approximate surface area is 166 Å². The summed E-state index contributed by atoms with van der Waals surface area (Å²) in [7, 11) is 3.12. The molecule has 28 heavy (non-hydrogen) atoms. The number of hydrogen-bond donors (Lipinski definition) is 1. The average molecular weight is 406 g/mol. The smallest absolute Gasteiger partial charge is 0.254 e. The summed E-state index contributed by atoms with van der Waals surface area (Å²) in [6.07, 6.45) is 4.13. The quantitative estimate of drug-likeness (QED) is 0.704. The van der Waals surface area contributed by atoms with Gasteiger partial charge in [-0.1, -0.05) is 0 Å². The number of ether oxygens (including phenoxy) is 2. The maximum Gasteiger partial charge on any atom is 0.254 e. The van der Waals surface area contributed by atoms with Crippen LogP contribution in [-0.4, -0.2) is 58.4 Å². The molecule has 1 aliphatic rings. The molecule has 0 saturated carbocycles. The molecule has 9 heteroatoms. The summed E-state index contributed by atoms with van der Waals surface area (Å²) < 4.78 is 34.2. The molecule has 1 aromatic carbocycles. The van der Waals surface area contributed by atoms with Crippen LogP contribution in [0.25, 0.3) is 10.9 Å². The van der Waals surface area contributed by atoms with Crippen LogP contribution >= 0.6 is 0 Å². The lowest BCUT2D eigenvalue weighted by Crippen LogP contribution is -2.39. The Kier molecular flexibility index (Phi) is 6.82. The maximum atomic E-state index is 13.1. The van der Waals surface area contributed by atoms with Crippen LogP contribution in [0, 0.1) is 5.92 Å². The molecule has 1 fully saturated rings. The van der Waals surface area contributed by atoms with Crippen molar-refractivity contribution in [3.63, 3.8) is 0 Å². The first-order valence-corrected chi connectivity index (χ1v) is 10.2. The van der Waals surface area contributed by atoms with E-state index >= 15 is 0 Å². The molecule has 1 unspecified atom stereocenters. The number of fused-ring (bicyclic) bond motifs is 1. The summed E-state index contributed by atoms with van der Waals surface area (Å²) in [4.78, 5) is 19.3. The molecule has 2 heterocycles. The van der Waals surface area contributed by atoms with Gasteiger partial charge < -0.3 is 18.9 Å². The van der Waals surface area contributed by atoms with Gasteiger partial charge in [0.1, 0.15) is 0 Å². The number of carbonyl (C=O) groups excluding carboxylic acids is 1. The van der Waals surface area contributed by atoms with Gasteiger partial charge in [0, 0.05) is 48.6 Å². The van der Waals surface area contributed by atoms with E-state index in [0.717, 1.165) is 24.6 Å². The third-order valence-electron chi connectivity index (χ3n) is 5.15. The average Bonchev–Trinajstić information content (AvgIpc) is 2.72. The van der Waals surface area contributed by atoms with Crippen molar-refractivity contribution in [2.75, 3.05) is 33.9 Å². The molecule has 8 nitrogen and oxygen atoms in total. The van der Waals surface area contributed by atoms with E-state index in [2.05, 4.69) is 9.71 Å². The van der Waals surface area contributed by atoms with Crippen molar-refractivity contribution >= 4 is 28.1 Å². The van der Waals surface area contributed by atoms with E-state index in [-0.39, 0.29) is 5.91 Å². The Bertz CT molecular complexity index is 868. The second-order valence-corrected chi connectivity index (χ2v) is 7.49. The van der Waals surface area contributed by atoms with Crippen LogP contribution in [-0.2, 0) is 11.3 Å². The fraction of sp³-hybridized carbons (Fsp3) is 0.474. The van der Waals surface area contributed by atoms with E-state index < -0.39 is 11.3 Å². The minimum atomic E-state index is -2.22. The van der Waals surface area contributed by atoms with E-state index in [4.69, 9.17) is 9.47 Å². The number of hydrogen-bond acceptors (Lipinski definition) is 6. The van der Waals surface area contributed by atoms with E-state index in [0.29, 0.717) is 48.1 Å². The van der Waals surface area contributed by atoms with Gasteiger partial charge in [-0.2, -0.15) is 0 Å². The number of aromatic nitrogens is 1. The first-order valence-electron chi connectivity index (χ1n) is 9.16. The summed E-state index contributed by atoms with van der Waals surface area (Å²) in [5.74, 6) is 1.51. The molecular formula is C19H24N3O5S-. The molecule has 1 atom stereocenters. The number of amides is 1. The molecule has 0 aliphatic carbocycles. The van der Waals surface area contributed by atoms with Gasteiger partial charge in [-0.05, 0) is 37.3 Å². The Balaban J connectivity index is 1.73. The van der Waals surface area contributed by atoms with Crippen molar-refractivity contribution in [1.29, 1.82) is 0 Å². The lowest BCUT2D eigenvalue weighted by atomic mass is 9.93. The second-order valence-electron chi connectivity index (χ2n) is 6.74. The molecule has 152 valence electrons. The molecule has 1 saturated heterocycles. The van der Waals surface area contributed by atoms with Gasteiger partial charge in [-0.15, -0.1) is 0 Å². The monoisotopic (exact) mass is 406 g/mol. The lowest BCUT2D eigenvalue weighted by molar-refractivity contribution is 0.0689. The zero-order valence-electron chi connectivity index (χ0n) is 16.0. The number of benzene rings is 1. The standard InChI is InChI=1S/C19H25N3O5S/c1-26-17-11-15-14(4-7-20-16(15)12-18(17)27-2)19(23)22-9-5-13(6-10-22)3-8-21-28(24)25/h4,7,11-13,21H,3,5-6,8-10H2,1-2H3,(H,24,25)/p-1. The van der Waals surface area contributed by atoms with Crippen molar-refractivity contribution in [3.8, 4) is 11.5 Å². The van der Waals surface area contributed by atoms with Gasteiger partial charge in [0.25, 0.3) is 5.91 Å². The highest BCUT2D eigenvalue weighted by Crippen LogP contribution is 2.33. The predicted molar refractivity (Wildman–Crippen MR) is 105 cm³/mol. The molecule has 0 spiro atoms. The van der Waals surface area contributed by atoms with Gasteiger partial charge >= 0.3 is 0 Å². The third-order valence-corrected chi connectivity index (χ3v) is 5.59. The van der Waals surface area contributed by atoms with Crippen LogP contribution in [0.5, 0.6) is 11.5 Å². The summed E-state index contributed by atoms with van der Waals surface area (Å²) in [6.45, 7) is 1.74. The van der Waals surface area contributed by atoms with Crippen molar-refractivity contribution in [2.24, 2.45) is 5.92 Å². The summed E-state index contributed by atoms with van der Waals surface area (Å²) in [5.41, 5.74) is 1.27. The van der Waals surface area contributed by atoms with Gasteiger partial charge in [-0.25, -0.2) is 4.72 Å². The van der Waals surface area contributed by atoms with Crippen LogP contribution in [0.4, 0.5) is 0 Å². The molecule has 1 aromatic heterocycles. The molecule has 2 aromatic rings. The van der Waals surface area contributed by atoms with Crippen molar-refractivity contribution in [2.45, 2.75) is 19.3 Å². The highest BCUT2D eigenvalue weighted by Gasteiger charge is 2.25. The van der Waals surface area contributed by atoms with Crippen molar-refractivity contribution < 1.29 is 23.0 Å². The Hall–Kier alpha value is -2.23. The number of methoxy groups -OCH3 is 2.